The third kappa shape index (κ3) is 3.36. The van der Waals surface area contributed by atoms with Crippen LogP contribution in [-0.2, 0) is 6.54 Å². The molecule has 7 heteroatoms. The van der Waals surface area contributed by atoms with Crippen LogP contribution in [-0.4, -0.2) is 26.2 Å². The van der Waals surface area contributed by atoms with Gasteiger partial charge < -0.3 is 5.32 Å². The van der Waals surface area contributed by atoms with E-state index in [1.807, 2.05) is 26.8 Å². The number of aryl methyl sites for hydroxylation is 2. The Labute approximate surface area is 123 Å². The van der Waals surface area contributed by atoms with E-state index in [1.165, 1.54) is 6.07 Å². The van der Waals surface area contributed by atoms with E-state index in [4.69, 9.17) is 0 Å². The highest BCUT2D eigenvalue weighted by atomic mass is 16.6. The fraction of sp³-hybridized carbons (Fsp3) is 0.429. The Bertz CT molecular complexity index is 651. The van der Waals surface area contributed by atoms with Crippen molar-refractivity contribution in [1.82, 2.24) is 14.8 Å². The largest absolute Gasteiger partial charge is 0.379 e. The van der Waals surface area contributed by atoms with Crippen molar-refractivity contribution in [2.45, 2.75) is 33.7 Å². The van der Waals surface area contributed by atoms with E-state index in [9.17, 15) is 10.1 Å². The molecule has 0 amide bonds. The third-order valence-electron chi connectivity index (χ3n) is 3.16. The van der Waals surface area contributed by atoms with Crippen molar-refractivity contribution in [3.8, 4) is 0 Å². The summed E-state index contributed by atoms with van der Waals surface area (Å²) < 4.78 is 1.76. The van der Waals surface area contributed by atoms with E-state index in [0.717, 1.165) is 17.8 Å². The molecule has 2 rings (SSSR count). The van der Waals surface area contributed by atoms with Crippen LogP contribution in [0, 0.1) is 24.0 Å². The normalized spacial score (nSPS) is 10.6. The van der Waals surface area contributed by atoms with Gasteiger partial charge in [0.1, 0.15) is 17.3 Å². The van der Waals surface area contributed by atoms with Crippen LogP contribution in [0.1, 0.15) is 30.6 Å². The van der Waals surface area contributed by atoms with Gasteiger partial charge in [0.25, 0.3) is 5.69 Å². The Morgan fingerprint density at radius 2 is 2.14 bits per heavy atom. The zero-order valence-electron chi connectivity index (χ0n) is 12.5. The van der Waals surface area contributed by atoms with Crippen molar-refractivity contribution in [2.75, 3.05) is 11.9 Å². The van der Waals surface area contributed by atoms with Gasteiger partial charge in [-0.25, -0.2) is 9.67 Å². The highest BCUT2D eigenvalue weighted by Crippen LogP contribution is 2.29. The summed E-state index contributed by atoms with van der Waals surface area (Å²) >= 11 is 0. The summed E-state index contributed by atoms with van der Waals surface area (Å²) in [6.07, 6.45) is 0.896. The van der Waals surface area contributed by atoms with Crippen LogP contribution >= 0.6 is 0 Å². The highest BCUT2D eigenvalue weighted by Gasteiger charge is 2.18. The fourth-order valence-electron chi connectivity index (χ4n) is 2.20. The number of nitro groups is 1. The minimum atomic E-state index is -0.360. The van der Waals surface area contributed by atoms with Crippen molar-refractivity contribution in [3.63, 3.8) is 0 Å². The van der Waals surface area contributed by atoms with E-state index < -0.39 is 0 Å². The van der Waals surface area contributed by atoms with E-state index >= 15 is 0 Å². The first-order valence-corrected chi connectivity index (χ1v) is 6.91. The molecule has 2 aromatic rings. The Hall–Kier alpha value is -2.44. The van der Waals surface area contributed by atoms with Crippen LogP contribution in [0.15, 0.2) is 18.2 Å². The molecule has 7 nitrogen and oxygen atoms in total. The second-order valence-electron chi connectivity index (χ2n) is 4.86. The maximum atomic E-state index is 11.2. The number of hydrogen-bond acceptors (Lipinski definition) is 5. The SMILES string of the molecule is CCCNc1c(Cn2nc(C)nc2C)cccc1[N+](=O)[O-]. The van der Waals surface area contributed by atoms with Gasteiger partial charge >= 0.3 is 0 Å². The van der Waals surface area contributed by atoms with Gasteiger partial charge in [-0.2, -0.15) is 5.10 Å². The quantitative estimate of drug-likeness (QED) is 0.652. The standard InChI is InChI=1S/C14H19N5O2/c1-4-8-15-14-12(6-5-7-13(14)19(20)21)9-18-11(3)16-10(2)17-18/h5-7,15H,4,8-9H2,1-3H3. The lowest BCUT2D eigenvalue weighted by molar-refractivity contribution is -0.384. The first-order chi connectivity index (χ1) is 10.0. The fourth-order valence-corrected chi connectivity index (χ4v) is 2.20. The lowest BCUT2D eigenvalue weighted by Gasteiger charge is -2.12. The molecule has 0 atom stereocenters. The third-order valence-corrected chi connectivity index (χ3v) is 3.16. The first kappa shape index (κ1) is 15.0. The molecule has 1 N–H and O–H groups in total. The summed E-state index contributed by atoms with van der Waals surface area (Å²) in [6.45, 7) is 6.86. The van der Waals surface area contributed by atoms with Crippen LogP contribution in [0.25, 0.3) is 0 Å². The van der Waals surface area contributed by atoms with Gasteiger partial charge in [0.2, 0.25) is 0 Å². The minimum Gasteiger partial charge on any atom is -0.379 e. The van der Waals surface area contributed by atoms with E-state index in [-0.39, 0.29) is 10.6 Å². The average Bonchev–Trinajstić information content (AvgIpc) is 2.75. The number of nitrogens with zero attached hydrogens (tertiary/aromatic N) is 4. The number of aromatic nitrogens is 3. The summed E-state index contributed by atoms with van der Waals surface area (Å²) in [6, 6.07) is 5.09. The maximum Gasteiger partial charge on any atom is 0.292 e. The maximum absolute atomic E-state index is 11.2. The van der Waals surface area contributed by atoms with Gasteiger partial charge in [-0.3, -0.25) is 10.1 Å². The predicted molar refractivity (Wildman–Crippen MR) is 80.5 cm³/mol. The van der Waals surface area contributed by atoms with Crippen LogP contribution in [0.2, 0.25) is 0 Å². The molecule has 112 valence electrons. The van der Waals surface area contributed by atoms with Crippen LogP contribution in [0.4, 0.5) is 11.4 Å². The van der Waals surface area contributed by atoms with Crippen molar-refractivity contribution in [2.24, 2.45) is 0 Å². The number of anilines is 1. The molecule has 0 spiro atoms. The van der Waals surface area contributed by atoms with Crippen LogP contribution < -0.4 is 5.32 Å². The summed E-state index contributed by atoms with van der Waals surface area (Å²) in [4.78, 5) is 15.1. The van der Waals surface area contributed by atoms with Gasteiger partial charge in [-0.05, 0) is 20.3 Å². The number of rotatable bonds is 6. The number of nitro benzene ring substituents is 1. The second-order valence-corrected chi connectivity index (χ2v) is 4.86. The van der Waals surface area contributed by atoms with Gasteiger partial charge in [0.15, 0.2) is 0 Å². The van der Waals surface area contributed by atoms with Crippen LogP contribution in [0.5, 0.6) is 0 Å². The monoisotopic (exact) mass is 289 g/mol. The van der Waals surface area contributed by atoms with Gasteiger partial charge in [0.05, 0.1) is 11.5 Å². The lowest BCUT2D eigenvalue weighted by Crippen LogP contribution is -2.10. The molecule has 1 aromatic heterocycles. The van der Waals surface area contributed by atoms with Gasteiger partial charge in [-0.1, -0.05) is 19.1 Å². The van der Waals surface area contributed by atoms with Gasteiger partial charge in [-0.15, -0.1) is 0 Å². The zero-order chi connectivity index (χ0) is 15.4. The molecule has 0 aliphatic heterocycles. The molecule has 0 unspecified atom stereocenters. The Kier molecular flexibility index (Phi) is 4.52. The molecule has 0 aliphatic rings. The van der Waals surface area contributed by atoms with E-state index in [0.29, 0.717) is 24.6 Å². The second kappa shape index (κ2) is 6.34. The summed E-state index contributed by atoms with van der Waals surface area (Å²) in [5, 5.41) is 18.7. The zero-order valence-corrected chi connectivity index (χ0v) is 12.5. The number of nitrogens with one attached hydrogen (secondary N) is 1. The first-order valence-electron chi connectivity index (χ1n) is 6.91. The van der Waals surface area contributed by atoms with Crippen LogP contribution in [0.3, 0.4) is 0 Å². The molecular formula is C14H19N5O2. The Morgan fingerprint density at radius 3 is 2.71 bits per heavy atom. The van der Waals surface area contributed by atoms with Crippen molar-refractivity contribution >= 4 is 11.4 Å². The predicted octanol–water partition coefficient (Wildman–Crippen LogP) is 2.67. The molecule has 0 radical (unpaired) electrons. The summed E-state index contributed by atoms with van der Waals surface area (Å²) in [5.74, 6) is 1.49. The molecule has 0 saturated heterocycles. The smallest absolute Gasteiger partial charge is 0.292 e. The Balaban J connectivity index is 2.39. The molecular weight excluding hydrogens is 270 g/mol. The molecule has 1 aromatic carbocycles. The van der Waals surface area contributed by atoms with Crippen molar-refractivity contribution < 1.29 is 4.92 Å². The number of benzene rings is 1. The molecule has 0 bridgehead atoms. The Morgan fingerprint density at radius 1 is 1.38 bits per heavy atom. The van der Waals surface area contributed by atoms with E-state index in [2.05, 4.69) is 15.4 Å². The number of para-hydroxylation sites is 1. The average molecular weight is 289 g/mol. The van der Waals surface area contributed by atoms with E-state index in [1.54, 1.807) is 10.7 Å². The summed E-state index contributed by atoms with van der Waals surface area (Å²) in [5.41, 5.74) is 1.50. The van der Waals surface area contributed by atoms with Crippen molar-refractivity contribution in [1.29, 1.82) is 0 Å². The highest BCUT2D eigenvalue weighted by molar-refractivity contribution is 5.66. The van der Waals surface area contributed by atoms with Gasteiger partial charge in [0, 0.05) is 18.2 Å². The molecule has 0 aliphatic carbocycles. The lowest BCUT2D eigenvalue weighted by atomic mass is 10.1. The minimum absolute atomic E-state index is 0.0930. The number of hydrogen-bond donors (Lipinski definition) is 1. The van der Waals surface area contributed by atoms with Crippen molar-refractivity contribution in [3.05, 3.63) is 45.5 Å². The topological polar surface area (TPSA) is 85.9 Å². The molecule has 1 heterocycles. The molecule has 0 fully saturated rings. The molecule has 21 heavy (non-hydrogen) atoms. The molecule has 0 saturated carbocycles. The summed E-state index contributed by atoms with van der Waals surface area (Å²) in [7, 11) is 0.